The topological polar surface area (TPSA) is 136 Å². The zero-order valence-corrected chi connectivity index (χ0v) is 19.0. The van der Waals surface area contributed by atoms with Crippen LogP contribution >= 0.6 is 0 Å². The molecule has 1 fully saturated rings. The summed E-state index contributed by atoms with van der Waals surface area (Å²) in [6.07, 6.45) is 2.07. The lowest BCUT2D eigenvalue weighted by Gasteiger charge is -2.13. The summed E-state index contributed by atoms with van der Waals surface area (Å²) >= 11 is 0. The molecule has 11 nitrogen and oxygen atoms in total. The Kier molecular flexibility index (Phi) is 6.44. The summed E-state index contributed by atoms with van der Waals surface area (Å²) in [4.78, 5) is 68.6. The molecule has 11 heteroatoms. The summed E-state index contributed by atoms with van der Waals surface area (Å²) in [5.74, 6) is -0.665. The van der Waals surface area contributed by atoms with Crippen molar-refractivity contribution in [1.29, 1.82) is 0 Å². The predicted molar refractivity (Wildman–Crippen MR) is 121 cm³/mol. The molecule has 0 atom stereocenters. The molecular weight excluding hydrogens is 442 g/mol. The van der Waals surface area contributed by atoms with Gasteiger partial charge in [0.05, 0.1) is 12.1 Å². The second-order valence-corrected chi connectivity index (χ2v) is 8.17. The number of aryl methyl sites for hydroxylation is 2. The van der Waals surface area contributed by atoms with Crippen molar-refractivity contribution in [2.75, 3.05) is 0 Å². The third kappa shape index (κ3) is 4.41. The fourth-order valence-electron chi connectivity index (χ4n) is 3.89. The number of imide groups is 1. The van der Waals surface area contributed by atoms with Gasteiger partial charge in [0, 0.05) is 26.4 Å². The Bertz CT molecular complexity index is 1370. The number of carbonyl (C=O) groups is 3. The number of aromatic nitrogens is 4. The SMILES string of the molecule is CCCCn1c(=O)[nH]c(=O)c2c1nc(COC(=O)c1ccc(CN3C(=O)CCC3=O)cc1)n2C. The fraction of sp³-hybridized carbons (Fsp3) is 0.391. The number of nitrogens with zero attached hydrogens (tertiary/aromatic N) is 4. The van der Waals surface area contributed by atoms with Crippen molar-refractivity contribution in [1.82, 2.24) is 24.0 Å². The van der Waals surface area contributed by atoms with Crippen molar-refractivity contribution >= 4 is 28.9 Å². The number of nitrogens with one attached hydrogen (secondary N) is 1. The molecular formula is C23H25N5O6. The van der Waals surface area contributed by atoms with Gasteiger partial charge in [-0.25, -0.2) is 14.6 Å². The zero-order valence-electron chi connectivity index (χ0n) is 19.0. The first-order chi connectivity index (χ1) is 16.3. The molecule has 0 radical (unpaired) electrons. The maximum Gasteiger partial charge on any atom is 0.338 e. The molecule has 3 heterocycles. The van der Waals surface area contributed by atoms with E-state index in [-0.39, 0.29) is 49.0 Å². The van der Waals surface area contributed by atoms with Crippen LogP contribution in [0.2, 0.25) is 0 Å². The van der Waals surface area contributed by atoms with E-state index in [1.165, 1.54) is 14.0 Å². The highest BCUT2D eigenvalue weighted by molar-refractivity contribution is 6.01. The summed E-state index contributed by atoms with van der Waals surface area (Å²) in [6.45, 7) is 2.39. The van der Waals surface area contributed by atoms with E-state index in [0.29, 0.717) is 17.9 Å². The summed E-state index contributed by atoms with van der Waals surface area (Å²) in [5, 5.41) is 0. The largest absolute Gasteiger partial charge is 0.454 e. The Morgan fingerprint density at radius 1 is 1.09 bits per heavy atom. The molecule has 1 aliphatic heterocycles. The minimum Gasteiger partial charge on any atom is -0.454 e. The van der Waals surface area contributed by atoms with Crippen LogP contribution in [-0.4, -0.2) is 41.8 Å². The molecule has 34 heavy (non-hydrogen) atoms. The second-order valence-electron chi connectivity index (χ2n) is 8.17. The Balaban J connectivity index is 1.48. The van der Waals surface area contributed by atoms with Crippen LogP contribution in [0, 0.1) is 0 Å². The van der Waals surface area contributed by atoms with Crippen LogP contribution in [0.4, 0.5) is 0 Å². The number of H-pyrrole nitrogens is 1. The number of unbranched alkanes of at least 4 members (excludes halogenated alkanes) is 1. The number of hydrogen-bond acceptors (Lipinski definition) is 7. The van der Waals surface area contributed by atoms with Gasteiger partial charge in [-0.2, -0.15) is 0 Å². The zero-order chi connectivity index (χ0) is 24.4. The maximum atomic E-state index is 12.5. The van der Waals surface area contributed by atoms with Gasteiger partial charge in [0.2, 0.25) is 11.8 Å². The van der Waals surface area contributed by atoms with E-state index < -0.39 is 17.2 Å². The van der Waals surface area contributed by atoms with E-state index >= 15 is 0 Å². The summed E-state index contributed by atoms with van der Waals surface area (Å²) < 4.78 is 8.31. The van der Waals surface area contributed by atoms with Crippen molar-refractivity contribution in [2.45, 2.75) is 52.3 Å². The van der Waals surface area contributed by atoms with E-state index in [1.807, 2.05) is 6.92 Å². The van der Waals surface area contributed by atoms with Gasteiger partial charge in [-0.1, -0.05) is 25.5 Å². The average molecular weight is 467 g/mol. The average Bonchev–Trinajstić information content (AvgIpc) is 3.31. The van der Waals surface area contributed by atoms with Crippen LogP contribution in [0.25, 0.3) is 11.2 Å². The minimum atomic E-state index is -0.593. The Hall–Kier alpha value is -4.02. The number of aromatic amines is 1. The Morgan fingerprint density at radius 2 is 1.76 bits per heavy atom. The molecule has 0 unspecified atom stereocenters. The molecule has 1 aromatic carbocycles. The number of likely N-dealkylation sites (tertiary alicyclic amines) is 1. The standard InChI is InChI=1S/C23H25N5O6/c1-3-4-11-27-20-19(21(31)25-23(27)33)26(2)16(24-20)13-34-22(32)15-7-5-14(6-8-15)12-28-17(29)9-10-18(28)30/h5-8H,3-4,9-13H2,1-2H3,(H,25,31,33). The number of esters is 1. The molecule has 0 bridgehead atoms. The number of rotatable bonds is 8. The molecule has 1 saturated heterocycles. The first-order valence-electron chi connectivity index (χ1n) is 11.1. The van der Waals surface area contributed by atoms with Gasteiger partial charge < -0.3 is 9.30 Å². The van der Waals surface area contributed by atoms with E-state index in [9.17, 15) is 24.0 Å². The summed E-state index contributed by atoms with van der Waals surface area (Å²) in [7, 11) is 1.62. The molecule has 1 aliphatic rings. The van der Waals surface area contributed by atoms with Crippen molar-refractivity contribution in [3.05, 3.63) is 62.1 Å². The van der Waals surface area contributed by atoms with Crippen molar-refractivity contribution in [3.63, 3.8) is 0 Å². The third-order valence-electron chi connectivity index (χ3n) is 5.86. The first kappa shape index (κ1) is 23.1. The fourth-order valence-corrected chi connectivity index (χ4v) is 3.89. The predicted octanol–water partition coefficient (Wildman–Crippen LogP) is 1.23. The summed E-state index contributed by atoms with van der Waals surface area (Å²) in [6, 6.07) is 6.45. The molecule has 178 valence electrons. The monoisotopic (exact) mass is 467 g/mol. The third-order valence-corrected chi connectivity index (χ3v) is 5.86. The lowest BCUT2D eigenvalue weighted by atomic mass is 10.1. The Morgan fingerprint density at radius 3 is 2.41 bits per heavy atom. The molecule has 2 aromatic heterocycles. The molecule has 2 amide bonds. The highest BCUT2D eigenvalue weighted by Gasteiger charge is 2.28. The van der Waals surface area contributed by atoms with Gasteiger partial charge in [0.1, 0.15) is 12.4 Å². The van der Waals surface area contributed by atoms with Crippen LogP contribution in [0.3, 0.4) is 0 Å². The van der Waals surface area contributed by atoms with Crippen LogP contribution in [0.15, 0.2) is 33.9 Å². The number of fused-ring (bicyclic) bond motifs is 1. The number of benzene rings is 1. The number of ether oxygens (including phenoxy) is 1. The van der Waals surface area contributed by atoms with Gasteiger partial charge in [0.25, 0.3) is 5.56 Å². The maximum absolute atomic E-state index is 12.5. The van der Waals surface area contributed by atoms with E-state index in [1.54, 1.807) is 31.3 Å². The number of imidazole rings is 1. The molecule has 3 aromatic rings. The van der Waals surface area contributed by atoms with Crippen molar-refractivity contribution in [3.8, 4) is 0 Å². The first-order valence-corrected chi connectivity index (χ1v) is 11.1. The van der Waals surface area contributed by atoms with Gasteiger partial charge in [-0.3, -0.25) is 28.8 Å². The Labute approximate surface area is 194 Å². The van der Waals surface area contributed by atoms with Gasteiger partial charge in [-0.05, 0) is 24.1 Å². The van der Waals surface area contributed by atoms with E-state index in [0.717, 1.165) is 18.4 Å². The van der Waals surface area contributed by atoms with E-state index in [4.69, 9.17) is 4.74 Å². The quantitative estimate of drug-likeness (QED) is 0.389. The number of hydrogen-bond donors (Lipinski definition) is 1. The number of carbonyl (C=O) groups excluding carboxylic acids is 3. The van der Waals surface area contributed by atoms with Crippen LogP contribution in [0.5, 0.6) is 0 Å². The van der Waals surface area contributed by atoms with Gasteiger partial charge in [0.15, 0.2) is 11.2 Å². The van der Waals surface area contributed by atoms with Crippen molar-refractivity contribution < 1.29 is 19.1 Å². The smallest absolute Gasteiger partial charge is 0.338 e. The van der Waals surface area contributed by atoms with Gasteiger partial charge in [-0.15, -0.1) is 0 Å². The lowest BCUT2D eigenvalue weighted by molar-refractivity contribution is -0.139. The minimum absolute atomic E-state index is 0.168. The van der Waals surface area contributed by atoms with Crippen molar-refractivity contribution in [2.24, 2.45) is 7.05 Å². The highest BCUT2D eigenvalue weighted by Crippen LogP contribution is 2.17. The molecule has 4 rings (SSSR count). The number of amides is 2. The molecule has 0 saturated carbocycles. The normalized spacial score (nSPS) is 13.8. The van der Waals surface area contributed by atoms with Crippen LogP contribution in [-0.2, 0) is 41.1 Å². The molecule has 0 spiro atoms. The molecule has 1 N–H and O–H groups in total. The lowest BCUT2D eigenvalue weighted by Crippen LogP contribution is -2.31. The highest BCUT2D eigenvalue weighted by atomic mass is 16.5. The summed E-state index contributed by atoms with van der Waals surface area (Å²) in [5.41, 5.74) is 0.429. The molecule has 0 aliphatic carbocycles. The van der Waals surface area contributed by atoms with Crippen LogP contribution in [0.1, 0.15) is 54.4 Å². The van der Waals surface area contributed by atoms with E-state index in [2.05, 4.69) is 9.97 Å². The second kappa shape index (κ2) is 9.46. The van der Waals surface area contributed by atoms with Gasteiger partial charge >= 0.3 is 11.7 Å². The van der Waals surface area contributed by atoms with Crippen LogP contribution < -0.4 is 11.2 Å².